The summed E-state index contributed by atoms with van der Waals surface area (Å²) in [5.74, 6) is 0.815. The van der Waals surface area contributed by atoms with Crippen molar-refractivity contribution in [1.29, 1.82) is 0 Å². The normalized spacial score (nSPS) is 14.2. The van der Waals surface area contributed by atoms with Crippen LogP contribution in [0.5, 0.6) is 0 Å². The fourth-order valence-electron chi connectivity index (χ4n) is 4.23. The van der Waals surface area contributed by atoms with E-state index in [0.29, 0.717) is 5.95 Å². The second-order valence-corrected chi connectivity index (χ2v) is 9.42. The Morgan fingerprint density at radius 1 is 1.17 bits per heavy atom. The lowest BCUT2D eigenvalue weighted by Gasteiger charge is -2.30. The van der Waals surface area contributed by atoms with Crippen LogP contribution in [0.4, 0.5) is 0 Å². The highest BCUT2D eigenvalue weighted by molar-refractivity contribution is 5.67. The van der Waals surface area contributed by atoms with E-state index in [2.05, 4.69) is 90.1 Å². The number of nitrogens with one attached hydrogen (secondary N) is 2. The van der Waals surface area contributed by atoms with Crippen LogP contribution in [0.15, 0.2) is 66.7 Å². The molecule has 7 nitrogen and oxygen atoms in total. The van der Waals surface area contributed by atoms with Gasteiger partial charge in [0.1, 0.15) is 0 Å². The Kier molecular flexibility index (Phi) is 11.1. The Morgan fingerprint density at radius 2 is 1.94 bits per heavy atom. The van der Waals surface area contributed by atoms with Gasteiger partial charge in [0.25, 0.3) is 5.95 Å². The van der Waals surface area contributed by atoms with Crippen LogP contribution in [-0.4, -0.2) is 63.9 Å². The molecule has 1 aliphatic rings. The van der Waals surface area contributed by atoms with E-state index in [0.717, 1.165) is 75.6 Å². The Balaban J connectivity index is 1.83. The van der Waals surface area contributed by atoms with Gasteiger partial charge in [-0.3, -0.25) is 0 Å². The molecule has 3 rings (SSSR count). The molecule has 2 N–H and O–H groups in total. The number of likely N-dealkylation sites (N-methyl/N-ethyl adjacent to an activating group) is 1. The molecule has 0 amide bonds. The molecule has 0 spiro atoms. The first-order valence-electron chi connectivity index (χ1n) is 13.3. The molecule has 1 atom stereocenters. The zero-order valence-electron chi connectivity index (χ0n) is 22.5. The van der Waals surface area contributed by atoms with Gasteiger partial charge in [0.05, 0.1) is 11.4 Å². The summed E-state index contributed by atoms with van der Waals surface area (Å²) in [5, 5.41) is 11.9. The van der Waals surface area contributed by atoms with E-state index >= 15 is 0 Å². The lowest BCUT2D eigenvalue weighted by Crippen LogP contribution is -2.35. The average molecular weight is 490 g/mol. The van der Waals surface area contributed by atoms with Crippen molar-refractivity contribution in [1.82, 2.24) is 35.3 Å². The van der Waals surface area contributed by atoms with E-state index < -0.39 is 0 Å². The Hall–Kier alpha value is -3.03. The summed E-state index contributed by atoms with van der Waals surface area (Å²) < 4.78 is 1.92. The average Bonchev–Trinajstić information content (AvgIpc) is 3.22. The van der Waals surface area contributed by atoms with Crippen molar-refractivity contribution in [2.24, 2.45) is 0 Å². The van der Waals surface area contributed by atoms with Crippen molar-refractivity contribution in [2.75, 3.05) is 39.3 Å². The van der Waals surface area contributed by atoms with Crippen LogP contribution in [0.2, 0.25) is 0 Å². The van der Waals surface area contributed by atoms with Crippen LogP contribution in [-0.2, 0) is 0 Å². The third kappa shape index (κ3) is 8.00. The van der Waals surface area contributed by atoms with Gasteiger partial charge in [0.15, 0.2) is 0 Å². The van der Waals surface area contributed by atoms with Crippen molar-refractivity contribution >= 4 is 5.57 Å². The maximum atomic E-state index is 4.98. The van der Waals surface area contributed by atoms with E-state index in [1.165, 1.54) is 11.1 Å². The van der Waals surface area contributed by atoms with Gasteiger partial charge in [-0.2, -0.15) is 5.10 Å². The summed E-state index contributed by atoms with van der Waals surface area (Å²) in [5.41, 5.74) is 5.66. The minimum Gasteiger partial charge on any atom is -0.374 e. The van der Waals surface area contributed by atoms with Crippen LogP contribution in [0, 0.1) is 0 Å². The number of aromatic nitrogens is 4. The van der Waals surface area contributed by atoms with Gasteiger partial charge in [-0.15, -0.1) is 0 Å². The second kappa shape index (κ2) is 14.5. The molecule has 0 bridgehead atoms. The van der Waals surface area contributed by atoms with Crippen molar-refractivity contribution < 1.29 is 0 Å². The lowest BCUT2D eigenvalue weighted by molar-refractivity contribution is 0.309. The molecule has 0 saturated heterocycles. The van der Waals surface area contributed by atoms with Crippen molar-refractivity contribution in [3.05, 3.63) is 78.1 Å². The zero-order chi connectivity index (χ0) is 25.8. The number of hydrogen-bond donors (Lipinski definition) is 2. The van der Waals surface area contributed by atoms with Crippen molar-refractivity contribution in [3.63, 3.8) is 0 Å². The molecule has 1 aliphatic carbocycles. The Morgan fingerprint density at radius 3 is 2.69 bits per heavy atom. The maximum absolute atomic E-state index is 4.98. The zero-order valence-corrected chi connectivity index (χ0v) is 22.5. The number of hydrogen-bond acceptors (Lipinski definition) is 6. The Bertz CT molecular complexity index is 1050. The maximum Gasteiger partial charge on any atom is 0.250 e. The van der Waals surface area contributed by atoms with Gasteiger partial charge in [0, 0.05) is 56.7 Å². The molecule has 2 heterocycles. The number of allylic oxidation sites excluding steroid dienone is 6. The quantitative estimate of drug-likeness (QED) is 0.348. The molecule has 36 heavy (non-hydrogen) atoms. The molecule has 0 aromatic carbocycles. The SMILES string of the molecule is C=C(CNCCNCC)N(CCCC)CC(C)c1cc(C2=CC=C(C)C=CC2)nn1-c1ncccn1. The van der Waals surface area contributed by atoms with Gasteiger partial charge in [-0.1, -0.05) is 63.6 Å². The minimum atomic E-state index is 0.213. The molecule has 0 fully saturated rings. The summed E-state index contributed by atoms with van der Waals surface area (Å²) >= 11 is 0. The summed E-state index contributed by atoms with van der Waals surface area (Å²) in [7, 11) is 0. The van der Waals surface area contributed by atoms with E-state index in [1.807, 2.05) is 10.7 Å². The number of nitrogens with zero attached hydrogens (tertiary/aromatic N) is 5. The number of unbranched alkanes of at least 4 members (excludes halogenated alkanes) is 1. The Labute approximate surface area is 217 Å². The molecule has 1 unspecified atom stereocenters. The molecule has 7 heteroatoms. The third-order valence-corrected chi connectivity index (χ3v) is 6.36. The summed E-state index contributed by atoms with van der Waals surface area (Å²) in [4.78, 5) is 11.4. The van der Waals surface area contributed by atoms with Gasteiger partial charge < -0.3 is 15.5 Å². The molecule has 0 saturated carbocycles. The van der Waals surface area contributed by atoms with Crippen LogP contribution >= 0.6 is 0 Å². The fourth-order valence-corrected chi connectivity index (χ4v) is 4.23. The predicted molar refractivity (Wildman–Crippen MR) is 150 cm³/mol. The van der Waals surface area contributed by atoms with Crippen LogP contribution in [0.25, 0.3) is 11.5 Å². The van der Waals surface area contributed by atoms with Crippen LogP contribution in [0.1, 0.15) is 64.3 Å². The predicted octanol–water partition coefficient (Wildman–Crippen LogP) is 4.87. The molecule has 2 aromatic heterocycles. The van der Waals surface area contributed by atoms with Gasteiger partial charge >= 0.3 is 0 Å². The van der Waals surface area contributed by atoms with Crippen molar-refractivity contribution in [3.8, 4) is 5.95 Å². The van der Waals surface area contributed by atoms with Crippen LogP contribution in [0.3, 0.4) is 0 Å². The van der Waals surface area contributed by atoms with Crippen molar-refractivity contribution in [2.45, 2.75) is 52.9 Å². The first-order chi connectivity index (χ1) is 17.5. The molecular formula is C29H43N7. The van der Waals surface area contributed by atoms with Crippen LogP contribution < -0.4 is 10.6 Å². The summed E-state index contributed by atoms with van der Waals surface area (Å²) in [6.07, 6.45) is 15.4. The van der Waals surface area contributed by atoms with E-state index in [4.69, 9.17) is 5.10 Å². The summed E-state index contributed by atoms with van der Waals surface area (Å²) in [6, 6.07) is 4.05. The van der Waals surface area contributed by atoms with E-state index in [9.17, 15) is 0 Å². The monoisotopic (exact) mass is 489 g/mol. The van der Waals surface area contributed by atoms with E-state index in [1.54, 1.807) is 12.4 Å². The standard InChI is InChI=1S/C29H43N7/c1-6-8-19-35(25(5)21-31-18-17-30-7-2)22-24(4)28-20-27(26-12-9-11-23(3)13-14-26)34-36(28)29-32-15-10-16-33-29/h9-11,13-16,20,24,30-31H,5-8,12,17-19,21-22H2,1-4H3. The van der Waals surface area contributed by atoms with Gasteiger partial charge in [-0.25, -0.2) is 14.6 Å². The highest BCUT2D eigenvalue weighted by Gasteiger charge is 2.21. The smallest absolute Gasteiger partial charge is 0.250 e. The highest BCUT2D eigenvalue weighted by atomic mass is 15.4. The molecule has 2 aromatic rings. The largest absolute Gasteiger partial charge is 0.374 e. The third-order valence-electron chi connectivity index (χ3n) is 6.36. The highest BCUT2D eigenvalue weighted by Crippen LogP contribution is 2.27. The lowest BCUT2D eigenvalue weighted by atomic mass is 10.0. The topological polar surface area (TPSA) is 70.9 Å². The molecule has 194 valence electrons. The second-order valence-electron chi connectivity index (χ2n) is 9.42. The summed E-state index contributed by atoms with van der Waals surface area (Å²) in [6.45, 7) is 18.7. The van der Waals surface area contributed by atoms with Gasteiger partial charge in [0.2, 0.25) is 0 Å². The first-order valence-corrected chi connectivity index (χ1v) is 13.3. The molecule has 0 aliphatic heterocycles. The first kappa shape index (κ1) is 27.6. The number of rotatable bonds is 15. The van der Waals surface area contributed by atoms with E-state index in [-0.39, 0.29) is 5.92 Å². The fraction of sp³-hybridized carbons (Fsp3) is 0.483. The van der Waals surface area contributed by atoms with Gasteiger partial charge in [-0.05, 0) is 44.0 Å². The molecular weight excluding hydrogens is 446 g/mol. The minimum absolute atomic E-state index is 0.213. The molecule has 0 radical (unpaired) electrons.